The van der Waals surface area contributed by atoms with Crippen LogP contribution in [0.1, 0.15) is 11.4 Å². The van der Waals surface area contributed by atoms with Crippen LogP contribution in [0.3, 0.4) is 0 Å². The smallest absolute Gasteiger partial charge is 0.258 e. The van der Waals surface area contributed by atoms with Crippen molar-refractivity contribution in [2.45, 2.75) is 6.54 Å². The Morgan fingerprint density at radius 2 is 2.00 bits per heavy atom. The molecule has 9 nitrogen and oxygen atoms in total. The van der Waals surface area contributed by atoms with Gasteiger partial charge < -0.3 is 14.6 Å². The topological polar surface area (TPSA) is 122 Å². The highest BCUT2D eigenvalue weighted by Gasteiger charge is 2.24. The summed E-state index contributed by atoms with van der Waals surface area (Å²) < 4.78 is 19.8. The summed E-state index contributed by atoms with van der Waals surface area (Å²) in [5, 5.41) is 11.5. The summed E-state index contributed by atoms with van der Waals surface area (Å²) in [6, 6.07) is 10.1. The fourth-order valence-electron chi connectivity index (χ4n) is 3.79. The molecule has 0 aliphatic carbocycles. The average molecular weight is 423 g/mol. The molecule has 1 fully saturated rings. The summed E-state index contributed by atoms with van der Waals surface area (Å²) in [5.74, 6) is -0.138. The van der Waals surface area contributed by atoms with Crippen LogP contribution in [0.4, 0.5) is 10.1 Å². The molecule has 0 unspecified atom stereocenters. The normalized spacial score (nSPS) is 14.6. The largest absolute Gasteiger partial charge is 0.497 e. The number of benzene rings is 2. The molecule has 1 aromatic heterocycles. The molecular formula is C21H22FN7O2. The molecule has 0 bridgehead atoms. The number of hydrogen-bond donors (Lipinski definition) is 3. The van der Waals surface area contributed by atoms with Gasteiger partial charge in [-0.3, -0.25) is 15.1 Å². The van der Waals surface area contributed by atoms with E-state index in [2.05, 4.69) is 20.0 Å². The van der Waals surface area contributed by atoms with Crippen LogP contribution in [0.25, 0.3) is 10.9 Å². The zero-order valence-corrected chi connectivity index (χ0v) is 17.0. The number of piperazine rings is 1. The number of fused-ring (bicyclic) bond motifs is 1. The number of ether oxygens (including phenoxy) is 1. The maximum Gasteiger partial charge on any atom is 0.258 e. The first kappa shape index (κ1) is 20.6. The van der Waals surface area contributed by atoms with Crippen molar-refractivity contribution in [1.29, 1.82) is 10.9 Å². The summed E-state index contributed by atoms with van der Waals surface area (Å²) in [5.41, 5.74) is 8.10. The third kappa shape index (κ3) is 4.15. The highest BCUT2D eigenvalue weighted by atomic mass is 19.1. The first-order valence-corrected chi connectivity index (χ1v) is 9.79. The zero-order chi connectivity index (χ0) is 22.0. The highest BCUT2D eigenvalue weighted by molar-refractivity contribution is 6.02. The summed E-state index contributed by atoms with van der Waals surface area (Å²) in [6.45, 7) is 2.94. The summed E-state index contributed by atoms with van der Waals surface area (Å²) in [6.07, 6.45) is 0. The summed E-state index contributed by atoms with van der Waals surface area (Å²) in [7, 11) is 1.45. The lowest BCUT2D eigenvalue weighted by Gasteiger charge is -2.36. The van der Waals surface area contributed by atoms with Crippen molar-refractivity contribution in [1.82, 2.24) is 14.9 Å². The number of H-pyrrole nitrogens is 1. The minimum atomic E-state index is -0.643. The molecule has 3 aromatic rings. The average Bonchev–Trinajstić information content (AvgIpc) is 2.78. The van der Waals surface area contributed by atoms with Crippen LogP contribution in [0.2, 0.25) is 0 Å². The number of nitrogens with one attached hydrogen (secondary N) is 3. The number of para-hydroxylation sites is 1. The number of amidine groups is 1. The molecule has 2 aromatic carbocycles. The molecule has 4 rings (SSSR count). The van der Waals surface area contributed by atoms with Crippen molar-refractivity contribution in [2.75, 3.05) is 38.2 Å². The SMILES string of the molecule is COc1cc(F)c(C(=N)N=N)c(N2CCN(Cc3nc4ccccc4c(=O)[nH]3)CC2)c1. The number of aromatic amines is 1. The van der Waals surface area contributed by atoms with Crippen LogP contribution < -0.4 is 15.2 Å². The van der Waals surface area contributed by atoms with E-state index in [0.29, 0.717) is 60.9 Å². The second-order valence-electron chi connectivity index (χ2n) is 7.26. The van der Waals surface area contributed by atoms with Crippen molar-refractivity contribution in [3.63, 3.8) is 0 Å². The Hall–Kier alpha value is -3.66. The quantitative estimate of drug-likeness (QED) is 0.331. The van der Waals surface area contributed by atoms with Gasteiger partial charge in [0.25, 0.3) is 5.56 Å². The number of aromatic nitrogens is 2. The molecule has 160 valence electrons. The van der Waals surface area contributed by atoms with E-state index in [0.717, 1.165) is 0 Å². The van der Waals surface area contributed by atoms with Crippen molar-refractivity contribution in [3.8, 4) is 5.75 Å². The van der Waals surface area contributed by atoms with Crippen LogP contribution in [-0.2, 0) is 6.54 Å². The first-order chi connectivity index (χ1) is 15.0. The van der Waals surface area contributed by atoms with Crippen LogP contribution in [-0.4, -0.2) is 54.0 Å². The fourth-order valence-corrected chi connectivity index (χ4v) is 3.79. The van der Waals surface area contributed by atoms with Crippen LogP contribution in [0, 0.1) is 16.8 Å². The molecule has 0 atom stereocenters. The second kappa shape index (κ2) is 8.60. The van der Waals surface area contributed by atoms with Gasteiger partial charge in [-0.15, -0.1) is 5.11 Å². The molecule has 1 aliphatic rings. The minimum Gasteiger partial charge on any atom is -0.497 e. The lowest BCUT2D eigenvalue weighted by molar-refractivity contribution is 0.244. The van der Waals surface area contributed by atoms with Crippen LogP contribution in [0.5, 0.6) is 5.75 Å². The van der Waals surface area contributed by atoms with E-state index in [-0.39, 0.29) is 11.1 Å². The number of anilines is 1. The maximum absolute atomic E-state index is 14.6. The fraction of sp³-hybridized carbons (Fsp3) is 0.286. The Bertz CT molecular complexity index is 1200. The van der Waals surface area contributed by atoms with E-state index in [1.54, 1.807) is 12.1 Å². The van der Waals surface area contributed by atoms with Crippen LogP contribution >= 0.6 is 0 Å². The molecule has 0 amide bonds. The van der Waals surface area contributed by atoms with Gasteiger partial charge in [0.05, 0.1) is 35.8 Å². The van der Waals surface area contributed by atoms with Gasteiger partial charge in [-0.2, -0.15) is 0 Å². The van der Waals surface area contributed by atoms with Crippen molar-refractivity contribution in [3.05, 3.63) is 64.0 Å². The van der Waals surface area contributed by atoms with Gasteiger partial charge in [0.15, 0.2) is 5.84 Å². The Kier molecular flexibility index (Phi) is 5.72. The molecule has 1 saturated heterocycles. The van der Waals surface area contributed by atoms with Gasteiger partial charge in [0.2, 0.25) is 0 Å². The van der Waals surface area contributed by atoms with Gasteiger partial charge in [0.1, 0.15) is 17.4 Å². The molecule has 1 aliphatic heterocycles. The highest BCUT2D eigenvalue weighted by Crippen LogP contribution is 2.30. The van der Waals surface area contributed by atoms with E-state index < -0.39 is 11.7 Å². The standard InChI is InChI=1S/C21H22FN7O2/c1-31-13-10-15(22)19(20(23)27-24)17(11-13)29-8-6-28(7-9-29)12-18-25-16-5-3-2-4-14(16)21(30)26-18/h2-5,10-11,23-24H,6-9,12H2,1H3,(H,25,26,30). The Morgan fingerprint density at radius 1 is 1.26 bits per heavy atom. The number of hydrogen-bond acceptors (Lipinski definition) is 7. The third-order valence-electron chi connectivity index (χ3n) is 5.38. The molecule has 0 saturated carbocycles. The third-order valence-corrected chi connectivity index (χ3v) is 5.38. The van der Waals surface area contributed by atoms with E-state index >= 15 is 0 Å². The molecule has 10 heteroatoms. The van der Waals surface area contributed by atoms with Crippen molar-refractivity contribution >= 4 is 22.4 Å². The van der Waals surface area contributed by atoms with E-state index in [9.17, 15) is 9.18 Å². The number of halogens is 1. The molecule has 0 spiro atoms. The number of nitrogens with zero attached hydrogens (tertiary/aromatic N) is 4. The molecule has 2 heterocycles. The Labute approximate surface area is 177 Å². The minimum absolute atomic E-state index is 0.00947. The van der Waals surface area contributed by atoms with Gasteiger partial charge in [-0.1, -0.05) is 12.1 Å². The van der Waals surface area contributed by atoms with E-state index in [1.165, 1.54) is 13.2 Å². The van der Waals surface area contributed by atoms with Gasteiger partial charge in [-0.05, 0) is 12.1 Å². The zero-order valence-electron chi connectivity index (χ0n) is 17.0. The van der Waals surface area contributed by atoms with E-state index in [1.807, 2.05) is 23.1 Å². The molecule has 0 radical (unpaired) electrons. The van der Waals surface area contributed by atoms with Gasteiger partial charge in [0, 0.05) is 38.3 Å². The predicted octanol–water partition coefficient (Wildman–Crippen LogP) is 2.75. The molecular weight excluding hydrogens is 401 g/mol. The Balaban J connectivity index is 1.52. The maximum atomic E-state index is 14.6. The summed E-state index contributed by atoms with van der Waals surface area (Å²) >= 11 is 0. The lowest BCUT2D eigenvalue weighted by atomic mass is 10.1. The molecule has 31 heavy (non-hydrogen) atoms. The number of methoxy groups -OCH3 is 1. The number of rotatable bonds is 5. The van der Waals surface area contributed by atoms with Gasteiger partial charge >= 0.3 is 0 Å². The lowest BCUT2D eigenvalue weighted by Crippen LogP contribution is -2.46. The predicted molar refractivity (Wildman–Crippen MR) is 115 cm³/mol. The second-order valence-corrected chi connectivity index (χ2v) is 7.26. The monoisotopic (exact) mass is 423 g/mol. The van der Waals surface area contributed by atoms with Crippen LogP contribution in [0.15, 0.2) is 46.3 Å². The first-order valence-electron chi connectivity index (χ1n) is 9.79. The van der Waals surface area contributed by atoms with Crippen molar-refractivity contribution in [2.24, 2.45) is 5.11 Å². The Morgan fingerprint density at radius 3 is 2.71 bits per heavy atom. The van der Waals surface area contributed by atoms with Gasteiger partial charge in [-0.25, -0.2) is 14.9 Å². The molecule has 3 N–H and O–H groups in total. The summed E-state index contributed by atoms with van der Waals surface area (Å²) in [4.78, 5) is 23.8. The van der Waals surface area contributed by atoms with E-state index in [4.69, 9.17) is 15.7 Å². The van der Waals surface area contributed by atoms with Crippen molar-refractivity contribution < 1.29 is 9.13 Å².